The normalized spacial score (nSPS) is 21.7. The van der Waals surface area contributed by atoms with Crippen LogP contribution < -0.4 is 0 Å². The van der Waals surface area contributed by atoms with Gasteiger partial charge in [0.25, 0.3) is 0 Å². The Morgan fingerprint density at radius 1 is 0.609 bits per heavy atom. The molecular weight excluding hydrogens is 582 g/mol. The molecule has 4 aromatic carbocycles. The van der Waals surface area contributed by atoms with Crippen LogP contribution in [0, 0.1) is 0 Å². The van der Waals surface area contributed by atoms with Crippen molar-refractivity contribution in [3.8, 4) is 0 Å². The zero-order chi connectivity index (χ0) is 31.8. The van der Waals surface area contributed by atoms with E-state index in [0.717, 1.165) is 22.3 Å². The summed E-state index contributed by atoms with van der Waals surface area (Å²) >= 11 is 0. The van der Waals surface area contributed by atoms with Crippen molar-refractivity contribution in [2.24, 2.45) is 5.11 Å². The van der Waals surface area contributed by atoms with Crippen molar-refractivity contribution in [3.63, 3.8) is 0 Å². The van der Waals surface area contributed by atoms with Gasteiger partial charge in [0.05, 0.1) is 51.8 Å². The Morgan fingerprint density at radius 2 is 1.02 bits per heavy atom. The average Bonchev–Trinajstić information content (AvgIpc) is 3.11. The van der Waals surface area contributed by atoms with Crippen LogP contribution in [-0.4, -0.2) is 54.9 Å². The molecule has 4 aromatic rings. The first-order valence-electron chi connectivity index (χ1n) is 15.6. The fourth-order valence-corrected chi connectivity index (χ4v) is 5.57. The van der Waals surface area contributed by atoms with Crippen LogP contribution in [0.4, 0.5) is 0 Å². The van der Waals surface area contributed by atoms with Gasteiger partial charge in [0.15, 0.2) is 0 Å². The maximum absolute atomic E-state index is 10.1. The van der Waals surface area contributed by atoms with Gasteiger partial charge >= 0.3 is 0 Å². The Bertz CT molecular complexity index is 1460. The van der Waals surface area contributed by atoms with E-state index in [1.54, 1.807) is 0 Å². The number of hydrogen-bond acceptors (Lipinski definition) is 7. The van der Waals surface area contributed by atoms with Gasteiger partial charge in [0.2, 0.25) is 0 Å². The lowest BCUT2D eigenvalue weighted by Crippen LogP contribution is -2.61. The van der Waals surface area contributed by atoms with Crippen LogP contribution in [0.3, 0.4) is 0 Å². The van der Waals surface area contributed by atoms with Gasteiger partial charge in [-0.3, -0.25) is 0 Å². The van der Waals surface area contributed by atoms with E-state index in [1.807, 2.05) is 121 Å². The number of rotatable bonds is 17. The number of hydrogen-bond donors (Lipinski definition) is 1. The molecule has 0 bridgehead atoms. The maximum atomic E-state index is 10.1. The van der Waals surface area contributed by atoms with Crippen molar-refractivity contribution in [1.29, 1.82) is 0 Å². The summed E-state index contributed by atoms with van der Waals surface area (Å²) in [5, 5.41) is 13.9. The molecule has 0 spiro atoms. The van der Waals surface area contributed by atoms with Crippen LogP contribution in [0.2, 0.25) is 0 Å². The zero-order valence-corrected chi connectivity index (χ0v) is 25.8. The van der Waals surface area contributed by atoms with Gasteiger partial charge in [0.1, 0.15) is 24.4 Å². The smallest absolute Gasteiger partial charge is 0.115 e. The summed E-state index contributed by atoms with van der Waals surface area (Å²) in [5.74, 6) is 0. The van der Waals surface area contributed by atoms with Crippen molar-refractivity contribution >= 4 is 0 Å². The maximum Gasteiger partial charge on any atom is 0.115 e. The number of benzene rings is 4. The molecule has 1 N–H and O–H groups in total. The molecule has 0 amide bonds. The van der Waals surface area contributed by atoms with Crippen molar-refractivity contribution in [3.05, 3.63) is 154 Å². The first-order chi connectivity index (χ1) is 22.7. The molecule has 1 aliphatic rings. The van der Waals surface area contributed by atoms with E-state index in [1.165, 1.54) is 0 Å². The summed E-state index contributed by atoms with van der Waals surface area (Å²) in [7, 11) is 0. The van der Waals surface area contributed by atoms with Crippen LogP contribution in [-0.2, 0) is 50.1 Å². The second kappa shape index (κ2) is 18.2. The summed E-state index contributed by atoms with van der Waals surface area (Å²) in [4.78, 5) is 2.95. The molecule has 6 atom stereocenters. The zero-order valence-electron chi connectivity index (χ0n) is 25.8. The molecule has 9 heteroatoms. The van der Waals surface area contributed by atoms with Crippen LogP contribution >= 0.6 is 0 Å². The van der Waals surface area contributed by atoms with Crippen LogP contribution in [0.1, 0.15) is 28.7 Å². The minimum atomic E-state index is -0.708. The molecule has 9 nitrogen and oxygen atoms in total. The third-order valence-corrected chi connectivity index (χ3v) is 7.91. The van der Waals surface area contributed by atoms with E-state index in [4.69, 9.17) is 23.7 Å². The monoisotopic (exact) mass is 623 g/mol. The SMILES string of the molecule is [N-]=[N+]=N[C@H](CO)C[C@@H]1O[C@H](COCc2ccccc2)[C@H](OCc2ccccc2)[C@H](OCc2ccccc2)[C@H]1OCc1ccccc1. The topological polar surface area (TPSA) is 115 Å². The summed E-state index contributed by atoms with van der Waals surface area (Å²) < 4.78 is 32.9. The van der Waals surface area contributed by atoms with Crippen LogP contribution in [0.15, 0.2) is 126 Å². The lowest BCUT2D eigenvalue weighted by molar-refractivity contribution is -0.274. The van der Waals surface area contributed by atoms with E-state index in [2.05, 4.69) is 10.0 Å². The van der Waals surface area contributed by atoms with Crippen molar-refractivity contribution in [2.45, 2.75) is 69.4 Å². The van der Waals surface area contributed by atoms with Crippen LogP contribution in [0.5, 0.6) is 0 Å². The Morgan fingerprint density at radius 3 is 1.46 bits per heavy atom. The van der Waals surface area contributed by atoms with E-state index in [0.29, 0.717) is 26.4 Å². The Kier molecular flexibility index (Phi) is 13.2. The number of ether oxygens (including phenoxy) is 5. The highest BCUT2D eigenvalue weighted by molar-refractivity contribution is 5.16. The molecule has 1 aliphatic heterocycles. The van der Waals surface area contributed by atoms with Gasteiger partial charge in [-0.2, -0.15) is 0 Å². The van der Waals surface area contributed by atoms with E-state index < -0.39 is 36.6 Å². The largest absolute Gasteiger partial charge is 0.396 e. The lowest BCUT2D eigenvalue weighted by Gasteiger charge is -2.46. The summed E-state index contributed by atoms with van der Waals surface area (Å²) in [6, 6.07) is 39.0. The third kappa shape index (κ3) is 9.97. The second-order valence-corrected chi connectivity index (χ2v) is 11.3. The van der Waals surface area contributed by atoms with Gasteiger partial charge in [0, 0.05) is 4.91 Å². The predicted octanol–water partition coefficient (Wildman–Crippen LogP) is 6.79. The highest BCUT2D eigenvalue weighted by Gasteiger charge is 2.48. The Labute approximate surface area is 270 Å². The molecule has 0 aliphatic carbocycles. The molecule has 0 saturated carbocycles. The van der Waals surface area contributed by atoms with Gasteiger partial charge in [-0.25, -0.2) is 0 Å². The standard InChI is InChI=1S/C37H41N3O6/c38-40-39-32(22-41)21-33-35(43-24-29-15-7-2-8-16-29)37(45-26-31-19-11-4-12-20-31)36(44-25-30-17-9-3-10-18-30)34(46-33)27-42-23-28-13-5-1-6-14-28/h1-20,32-37,41H,21-27H2/t32-,33-,34+,35-,36-,37+/m0/s1. The quantitative estimate of drug-likeness (QED) is 0.0787. The van der Waals surface area contributed by atoms with Gasteiger partial charge in [-0.05, 0) is 34.2 Å². The predicted molar refractivity (Wildman–Crippen MR) is 174 cm³/mol. The molecule has 5 rings (SSSR count). The summed E-state index contributed by atoms with van der Waals surface area (Å²) in [6.07, 6.45) is -2.66. The van der Waals surface area contributed by atoms with Crippen molar-refractivity contribution < 1.29 is 28.8 Å². The lowest BCUT2D eigenvalue weighted by atomic mass is 9.91. The minimum Gasteiger partial charge on any atom is -0.396 e. The number of azide groups is 1. The van der Waals surface area contributed by atoms with E-state index in [-0.39, 0.29) is 19.6 Å². The molecule has 240 valence electrons. The van der Waals surface area contributed by atoms with Gasteiger partial charge in [-0.1, -0.05) is 126 Å². The first kappa shape index (κ1) is 33.3. The summed E-state index contributed by atoms with van der Waals surface area (Å²) in [5.41, 5.74) is 13.2. The molecule has 1 heterocycles. The minimum absolute atomic E-state index is 0.228. The van der Waals surface area contributed by atoms with Crippen molar-refractivity contribution in [1.82, 2.24) is 0 Å². The summed E-state index contributed by atoms with van der Waals surface area (Å²) in [6.45, 7) is 1.27. The molecule has 0 aromatic heterocycles. The molecule has 46 heavy (non-hydrogen) atoms. The first-order valence-corrected chi connectivity index (χ1v) is 15.6. The highest BCUT2D eigenvalue weighted by Crippen LogP contribution is 2.33. The second-order valence-electron chi connectivity index (χ2n) is 11.3. The van der Waals surface area contributed by atoms with Crippen LogP contribution in [0.25, 0.3) is 10.4 Å². The molecule has 1 saturated heterocycles. The Balaban J connectivity index is 1.46. The van der Waals surface area contributed by atoms with Gasteiger partial charge < -0.3 is 28.8 Å². The molecule has 1 fully saturated rings. The number of nitrogens with zero attached hydrogens (tertiary/aromatic N) is 3. The average molecular weight is 624 g/mol. The number of aliphatic hydroxyl groups excluding tert-OH is 1. The fraction of sp³-hybridized carbons (Fsp3) is 0.351. The van der Waals surface area contributed by atoms with E-state index in [9.17, 15) is 10.6 Å². The highest BCUT2D eigenvalue weighted by atomic mass is 16.6. The molecule has 0 unspecified atom stereocenters. The Hall–Kier alpha value is -4.05. The third-order valence-electron chi connectivity index (χ3n) is 7.91. The van der Waals surface area contributed by atoms with E-state index >= 15 is 0 Å². The number of aliphatic hydroxyl groups is 1. The fourth-order valence-electron chi connectivity index (χ4n) is 5.57. The van der Waals surface area contributed by atoms with Gasteiger partial charge in [-0.15, -0.1) is 0 Å². The van der Waals surface area contributed by atoms with Crippen molar-refractivity contribution in [2.75, 3.05) is 13.2 Å². The molecule has 0 radical (unpaired) electrons. The molecular formula is C37H41N3O6.